The van der Waals surface area contributed by atoms with Crippen molar-refractivity contribution >= 4 is 40.5 Å². The molecule has 0 aromatic heterocycles. The molecule has 0 amide bonds. The van der Waals surface area contributed by atoms with Gasteiger partial charge in [0.05, 0.1) is 21.7 Å². The molecule has 1 N–H and O–H groups in total. The number of benzene rings is 3. The van der Waals surface area contributed by atoms with Gasteiger partial charge in [-0.2, -0.15) is 0 Å². The van der Waals surface area contributed by atoms with E-state index in [9.17, 15) is 4.39 Å². The van der Waals surface area contributed by atoms with Crippen LogP contribution >= 0.6 is 34.8 Å². The van der Waals surface area contributed by atoms with Crippen molar-refractivity contribution in [2.24, 2.45) is 0 Å². The first-order valence-corrected chi connectivity index (χ1v) is 10.1. The zero-order chi connectivity index (χ0) is 20.8. The van der Waals surface area contributed by atoms with Gasteiger partial charge in [-0.15, -0.1) is 0 Å². The lowest BCUT2D eigenvalue weighted by Crippen LogP contribution is -2.03. The van der Waals surface area contributed by atoms with E-state index in [2.05, 4.69) is 5.32 Å². The van der Waals surface area contributed by atoms with E-state index >= 15 is 0 Å². The molecule has 0 bridgehead atoms. The van der Waals surface area contributed by atoms with Gasteiger partial charge in [-0.25, -0.2) is 4.39 Å². The van der Waals surface area contributed by atoms with Gasteiger partial charge in [0, 0.05) is 17.8 Å². The van der Waals surface area contributed by atoms with E-state index in [0.717, 1.165) is 11.3 Å². The maximum absolute atomic E-state index is 13.2. The normalized spacial score (nSPS) is 10.7. The van der Waals surface area contributed by atoms with Crippen LogP contribution in [0.3, 0.4) is 0 Å². The van der Waals surface area contributed by atoms with Gasteiger partial charge in [0.2, 0.25) is 0 Å². The third-order valence-corrected chi connectivity index (χ3v) is 5.21. The Morgan fingerprint density at radius 2 is 1.66 bits per heavy atom. The Morgan fingerprint density at radius 1 is 0.828 bits per heavy atom. The topological polar surface area (TPSA) is 30.5 Å². The minimum atomic E-state index is -0.382. The van der Waals surface area contributed by atoms with Crippen LogP contribution < -0.4 is 14.8 Å². The molecular formula is C22H19Cl3FNO2. The number of rotatable bonds is 8. The zero-order valence-corrected chi connectivity index (χ0v) is 17.9. The van der Waals surface area contributed by atoms with Gasteiger partial charge in [0.25, 0.3) is 0 Å². The van der Waals surface area contributed by atoms with Gasteiger partial charge in [0.1, 0.15) is 12.4 Å². The molecule has 3 aromatic carbocycles. The van der Waals surface area contributed by atoms with Gasteiger partial charge < -0.3 is 14.8 Å². The van der Waals surface area contributed by atoms with Crippen molar-refractivity contribution in [2.75, 3.05) is 11.9 Å². The second kappa shape index (κ2) is 10.1. The molecule has 0 fully saturated rings. The highest BCUT2D eigenvalue weighted by molar-refractivity contribution is 6.42. The summed E-state index contributed by atoms with van der Waals surface area (Å²) in [5.74, 6) is 0.831. The molecule has 0 heterocycles. The number of halogens is 4. The summed E-state index contributed by atoms with van der Waals surface area (Å²) >= 11 is 18.1. The third-order valence-electron chi connectivity index (χ3n) is 4.12. The first-order chi connectivity index (χ1) is 14.0. The molecule has 3 nitrogen and oxygen atoms in total. The Bertz CT molecular complexity index is 998. The van der Waals surface area contributed by atoms with E-state index < -0.39 is 0 Å². The van der Waals surface area contributed by atoms with Gasteiger partial charge in [-0.3, -0.25) is 0 Å². The van der Waals surface area contributed by atoms with Crippen LogP contribution in [0.15, 0.2) is 54.6 Å². The number of anilines is 1. The summed E-state index contributed by atoms with van der Waals surface area (Å²) in [4.78, 5) is 0. The van der Waals surface area contributed by atoms with Gasteiger partial charge >= 0.3 is 0 Å². The van der Waals surface area contributed by atoms with Crippen LogP contribution in [-0.4, -0.2) is 6.61 Å². The third kappa shape index (κ3) is 5.92. The van der Waals surface area contributed by atoms with Crippen LogP contribution in [0.2, 0.25) is 15.1 Å². The average Bonchev–Trinajstić information content (AvgIpc) is 2.69. The molecular weight excluding hydrogens is 436 g/mol. The quantitative estimate of drug-likeness (QED) is 0.385. The molecule has 0 aliphatic carbocycles. The monoisotopic (exact) mass is 453 g/mol. The summed E-state index contributed by atoms with van der Waals surface area (Å²) in [6, 6.07) is 15.3. The molecule has 3 rings (SSSR count). The molecule has 0 saturated heterocycles. The lowest BCUT2D eigenvalue weighted by atomic mass is 10.2. The fraction of sp³-hybridized carbons (Fsp3) is 0.182. The molecule has 29 heavy (non-hydrogen) atoms. The highest BCUT2D eigenvalue weighted by atomic mass is 35.5. The van der Waals surface area contributed by atoms with Crippen LogP contribution in [0.25, 0.3) is 0 Å². The van der Waals surface area contributed by atoms with Crippen LogP contribution in [-0.2, 0) is 13.2 Å². The van der Waals surface area contributed by atoms with Crippen molar-refractivity contribution in [2.45, 2.75) is 20.1 Å². The van der Waals surface area contributed by atoms with Gasteiger partial charge in [-0.1, -0.05) is 46.9 Å². The maximum atomic E-state index is 13.2. The molecule has 0 radical (unpaired) electrons. The standard InChI is InChI=1S/C22H19Cl3FNO2/c1-2-28-22-9-14(12-27-17-6-7-18(23)20(25)11-17)3-8-21(22)29-13-15-4-5-16(26)10-19(15)24/h3-11,27H,2,12-13H2,1H3. The van der Waals surface area contributed by atoms with Crippen LogP contribution in [0, 0.1) is 5.82 Å². The van der Waals surface area contributed by atoms with Gasteiger partial charge in [0.15, 0.2) is 11.5 Å². The van der Waals surface area contributed by atoms with Crippen molar-refractivity contribution in [3.8, 4) is 11.5 Å². The van der Waals surface area contributed by atoms with E-state index in [1.165, 1.54) is 12.1 Å². The van der Waals surface area contributed by atoms with E-state index in [1.54, 1.807) is 18.2 Å². The Kier molecular flexibility index (Phi) is 7.48. The largest absolute Gasteiger partial charge is 0.490 e. The van der Waals surface area contributed by atoms with E-state index in [1.807, 2.05) is 31.2 Å². The first kappa shape index (κ1) is 21.6. The van der Waals surface area contributed by atoms with Crippen molar-refractivity contribution in [3.05, 3.63) is 86.6 Å². The molecule has 0 aliphatic rings. The number of hydrogen-bond acceptors (Lipinski definition) is 3. The fourth-order valence-corrected chi connectivity index (χ4v) is 3.17. The molecule has 0 aliphatic heterocycles. The van der Waals surface area contributed by atoms with Crippen LogP contribution in [0.4, 0.5) is 10.1 Å². The molecule has 152 valence electrons. The minimum absolute atomic E-state index is 0.208. The van der Waals surface area contributed by atoms with E-state index in [4.69, 9.17) is 44.3 Å². The van der Waals surface area contributed by atoms with Crippen molar-refractivity contribution in [3.63, 3.8) is 0 Å². The highest BCUT2D eigenvalue weighted by Crippen LogP contribution is 2.31. The second-order valence-corrected chi connectivity index (χ2v) is 7.44. The molecule has 0 unspecified atom stereocenters. The smallest absolute Gasteiger partial charge is 0.161 e. The molecule has 3 aromatic rings. The SMILES string of the molecule is CCOc1cc(CNc2ccc(Cl)c(Cl)c2)ccc1OCc1ccc(F)cc1Cl. The Morgan fingerprint density at radius 3 is 2.38 bits per heavy atom. The van der Waals surface area contributed by atoms with Crippen LogP contribution in [0.5, 0.6) is 11.5 Å². The predicted octanol–water partition coefficient (Wildman–Crippen LogP) is 7.38. The Labute approximate surface area is 184 Å². The van der Waals surface area contributed by atoms with Gasteiger partial charge in [-0.05, 0) is 55.0 Å². The second-order valence-electron chi connectivity index (χ2n) is 6.22. The van der Waals surface area contributed by atoms with Crippen molar-refractivity contribution in [1.82, 2.24) is 0 Å². The summed E-state index contributed by atoms with van der Waals surface area (Å²) in [7, 11) is 0. The molecule has 0 spiro atoms. The van der Waals surface area contributed by atoms with Crippen molar-refractivity contribution < 1.29 is 13.9 Å². The molecule has 0 saturated carbocycles. The van der Waals surface area contributed by atoms with E-state index in [-0.39, 0.29) is 12.4 Å². The lowest BCUT2D eigenvalue weighted by molar-refractivity contribution is 0.269. The molecule has 0 atom stereocenters. The first-order valence-electron chi connectivity index (χ1n) is 8.97. The summed E-state index contributed by atoms with van der Waals surface area (Å²) < 4.78 is 24.8. The number of nitrogens with one attached hydrogen (secondary N) is 1. The summed E-state index contributed by atoms with van der Waals surface area (Å²) in [6.07, 6.45) is 0. The summed E-state index contributed by atoms with van der Waals surface area (Å²) in [6.45, 7) is 3.18. The summed E-state index contributed by atoms with van der Waals surface area (Å²) in [5, 5.41) is 4.63. The molecule has 7 heteroatoms. The number of ether oxygens (including phenoxy) is 2. The fourth-order valence-electron chi connectivity index (χ4n) is 2.65. The van der Waals surface area contributed by atoms with Crippen molar-refractivity contribution in [1.29, 1.82) is 0 Å². The highest BCUT2D eigenvalue weighted by Gasteiger charge is 2.09. The van der Waals surface area contributed by atoms with Crippen LogP contribution in [0.1, 0.15) is 18.1 Å². The summed E-state index contributed by atoms with van der Waals surface area (Å²) in [5.41, 5.74) is 2.57. The van der Waals surface area contributed by atoms with E-state index in [0.29, 0.717) is 45.3 Å². The zero-order valence-electron chi connectivity index (χ0n) is 15.6. The lowest BCUT2D eigenvalue weighted by Gasteiger charge is -2.15. The minimum Gasteiger partial charge on any atom is -0.490 e. The average molecular weight is 455 g/mol. The Balaban J connectivity index is 1.69. The Hall–Kier alpha value is -2.14. The number of hydrogen-bond donors (Lipinski definition) is 1. The predicted molar refractivity (Wildman–Crippen MR) is 117 cm³/mol. The maximum Gasteiger partial charge on any atom is 0.161 e.